The molecular formula is C12H14N2O2. The molecule has 1 fully saturated rings. The molecule has 84 valence electrons. The highest BCUT2D eigenvalue weighted by Crippen LogP contribution is 2.52. The lowest BCUT2D eigenvalue weighted by molar-refractivity contribution is 0.0891. The van der Waals surface area contributed by atoms with Gasteiger partial charge in [-0.15, -0.1) is 0 Å². The molecule has 0 bridgehead atoms. The third-order valence-corrected chi connectivity index (χ3v) is 3.41. The van der Waals surface area contributed by atoms with E-state index in [0.717, 1.165) is 29.8 Å². The molecule has 0 saturated heterocycles. The quantitative estimate of drug-likeness (QED) is 0.786. The Bertz CT molecular complexity index is 480. The SMILES string of the molecule is COc1ccc2c(c1)C(O)(C1CC1)C(N)=N2. The van der Waals surface area contributed by atoms with Gasteiger partial charge in [0.25, 0.3) is 0 Å². The van der Waals surface area contributed by atoms with Crippen molar-refractivity contribution in [2.75, 3.05) is 7.11 Å². The number of aliphatic imine (C=N–C) groups is 1. The van der Waals surface area contributed by atoms with Gasteiger partial charge in [-0.2, -0.15) is 0 Å². The molecule has 1 heterocycles. The maximum Gasteiger partial charge on any atom is 0.151 e. The van der Waals surface area contributed by atoms with Crippen molar-refractivity contribution >= 4 is 11.5 Å². The Morgan fingerprint density at radius 1 is 1.50 bits per heavy atom. The number of ether oxygens (including phenoxy) is 1. The van der Waals surface area contributed by atoms with Crippen LogP contribution in [0.4, 0.5) is 5.69 Å². The van der Waals surface area contributed by atoms with Gasteiger partial charge in [-0.25, -0.2) is 4.99 Å². The topological polar surface area (TPSA) is 67.8 Å². The second kappa shape index (κ2) is 2.98. The zero-order chi connectivity index (χ0) is 11.3. The van der Waals surface area contributed by atoms with Gasteiger partial charge in [-0.3, -0.25) is 0 Å². The Morgan fingerprint density at radius 2 is 2.25 bits per heavy atom. The van der Waals surface area contributed by atoms with Gasteiger partial charge in [0, 0.05) is 5.56 Å². The molecule has 1 aromatic carbocycles. The number of rotatable bonds is 2. The summed E-state index contributed by atoms with van der Waals surface area (Å²) in [4.78, 5) is 4.23. The molecule has 1 unspecified atom stereocenters. The minimum Gasteiger partial charge on any atom is -0.497 e. The van der Waals surface area contributed by atoms with Gasteiger partial charge in [0.15, 0.2) is 5.60 Å². The maximum atomic E-state index is 10.7. The minimum atomic E-state index is -1.07. The van der Waals surface area contributed by atoms with Gasteiger partial charge >= 0.3 is 0 Å². The monoisotopic (exact) mass is 218 g/mol. The van der Waals surface area contributed by atoms with E-state index >= 15 is 0 Å². The van der Waals surface area contributed by atoms with Gasteiger partial charge in [0.1, 0.15) is 11.6 Å². The molecule has 3 N–H and O–H groups in total. The lowest BCUT2D eigenvalue weighted by atomic mass is 9.89. The zero-order valence-corrected chi connectivity index (χ0v) is 9.10. The fraction of sp³-hybridized carbons (Fsp3) is 0.417. The van der Waals surface area contributed by atoms with E-state index in [-0.39, 0.29) is 5.92 Å². The van der Waals surface area contributed by atoms with Crippen molar-refractivity contribution in [1.29, 1.82) is 0 Å². The summed E-state index contributed by atoms with van der Waals surface area (Å²) in [6.07, 6.45) is 2.01. The molecule has 16 heavy (non-hydrogen) atoms. The third-order valence-electron chi connectivity index (χ3n) is 3.41. The van der Waals surface area contributed by atoms with Crippen LogP contribution in [0.15, 0.2) is 23.2 Å². The number of benzene rings is 1. The van der Waals surface area contributed by atoms with Crippen LogP contribution < -0.4 is 10.5 Å². The van der Waals surface area contributed by atoms with Crippen LogP contribution in [-0.4, -0.2) is 18.1 Å². The van der Waals surface area contributed by atoms with E-state index in [0.29, 0.717) is 5.84 Å². The summed E-state index contributed by atoms with van der Waals surface area (Å²) in [6, 6.07) is 5.49. The van der Waals surface area contributed by atoms with Crippen molar-refractivity contribution in [2.24, 2.45) is 16.6 Å². The van der Waals surface area contributed by atoms with Crippen molar-refractivity contribution in [1.82, 2.24) is 0 Å². The average molecular weight is 218 g/mol. The van der Waals surface area contributed by atoms with Crippen molar-refractivity contribution in [2.45, 2.75) is 18.4 Å². The number of fused-ring (bicyclic) bond motifs is 1. The molecule has 3 rings (SSSR count). The van der Waals surface area contributed by atoms with Gasteiger partial charge in [-0.05, 0) is 37.0 Å². The molecule has 1 aliphatic carbocycles. The summed E-state index contributed by atoms with van der Waals surface area (Å²) >= 11 is 0. The first-order valence-corrected chi connectivity index (χ1v) is 5.42. The zero-order valence-electron chi connectivity index (χ0n) is 9.10. The summed E-state index contributed by atoms with van der Waals surface area (Å²) in [5.74, 6) is 1.26. The van der Waals surface area contributed by atoms with E-state index in [1.807, 2.05) is 18.2 Å². The predicted molar refractivity (Wildman–Crippen MR) is 60.9 cm³/mol. The molecule has 4 heteroatoms. The highest BCUT2D eigenvalue weighted by molar-refractivity contribution is 5.98. The number of nitrogens with zero attached hydrogens (tertiary/aromatic N) is 1. The van der Waals surface area contributed by atoms with Crippen molar-refractivity contribution in [3.8, 4) is 5.75 Å². The lowest BCUT2D eigenvalue weighted by Crippen LogP contribution is -2.40. The van der Waals surface area contributed by atoms with Crippen LogP contribution in [0.5, 0.6) is 5.75 Å². The standard InChI is InChI=1S/C12H14N2O2/c1-16-8-4-5-10-9(6-8)12(15,7-2-3-7)11(13)14-10/h4-7,15H,2-3H2,1H3,(H2,13,14). The van der Waals surface area contributed by atoms with Crippen LogP contribution >= 0.6 is 0 Å². The Morgan fingerprint density at radius 3 is 2.88 bits per heavy atom. The van der Waals surface area contributed by atoms with E-state index in [9.17, 15) is 5.11 Å². The number of methoxy groups -OCH3 is 1. The lowest BCUT2D eigenvalue weighted by Gasteiger charge is -2.23. The Kier molecular flexibility index (Phi) is 1.80. The highest BCUT2D eigenvalue weighted by atomic mass is 16.5. The predicted octanol–water partition coefficient (Wildman–Crippen LogP) is 1.30. The second-order valence-electron chi connectivity index (χ2n) is 4.42. The van der Waals surface area contributed by atoms with Gasteiger partial charge in [-0.1, -0.05) is 0 Å². The van der Waals surface area contributed by atoms with E-state index in [1.165, 1.54) is 0 Å². The molecule has 1 atom stereocenters. The fourth-order valence-electron chi connectivity index (χ4n) is 2.33. The smallest absolute Gasteiger partial charge is 0.151 e. The number of hydrogen-bond acceptors (Lipinski definition) is 4. The van der Waals surface area contributed by atoms with Crippen molar-refractivity contribution in [3.63, 3.8) is 0 Å². The van der Waals surface area contributed by atoms with Crippen LogP contribution in [0.3, 0.4) is 0 Å². The van der Waals surface area contributed by atoms with Gasteiger partial charge < -0.3 is 15.6 Å². The number of aliphatic hydroxyl groups is 1. The Hall–Kier alpha value is -1.55. The molecule has 0 spiro atoms. The second-order valence-corrected chi connectivity index (χ2v) is 4.42. The average Bonchev–Trinajstić information content (AvgIpc) is 3.09. The molecule has 2 aliphatic rings. The molecule has 0 aromatic heterocycles. The van der Waals surface area contributed by atoms with Crippen LogP contribution in [0.25, 0.3) is 0 Å². The van der Waals surface area contributed by atoms with E-state index in [1.54, 1.807) is 7.11 Å². The summed E-state index contributed by atoms with van der Waals surface area (Å²) in [5.41, 5.74) is 6.33. The fourth-order valence-corrected chi connectivity index (χ4v) is 2.33. The largest absolute Gasteiger partial charge is 0.497 e. The molecule has 0 amide bonds. The molecule has 0 radical (unpaired) electrons. The van der Waals surface area contributed by atoms with Crippen molar-refractivity contribution < 1.29 is 9.84 Å². The van der Waals surface area contributed by atoms with E-state index < -0.39 is 5.60 Å². The third kappa shape index (κ3) is 1.10. The summed E-state index contributed by atoms with van der Waals surface area (Å²) in [5, 5.41) is 10.7. The first-order valence-electron chi connectivity index (χ1n) is 5.42. The molecule has 1 aliphatic heterocycles. The van der Waals surface area contributed by atoms with Gasteiger partial charge in [0.05, 0.1) is 12.8 Å². The molecular weight excluding hydrogens is 204 g/mol. The number of nitrogens with two attached hydrogens (primary N) is 1. The normalized spacial score (nSPS) is 27.5. The number of amidine groups is 1. The van der Waals surface area contributed by atoms with Crippen LogP contribution in [-0.2, 0) is 5.60 Å². The minimum absolute atomic E-state index is 0.213. The highest BCUT2D eigenvalue weighted by Gasteiger charge is 2.52. The van der Waals surface area contributed by atoms with Crippen LogP contribution in [0.1, 0.15) is 18.4 Å². The Balaban J connectivity index is 2.14. The first-order chi connectivity index (χ1) is 7.66. The van der Waals surface area contributed by atoms with Crippen molar-refractivity contribution in [3.05, 3.63) is 23.8 Å². The summed E-state index contributed by atoms with van der Waals surface area (Å²) < 4.78 is 5.17. The number of hydrogen-bond donors (Lipinski definition) is 2. The molecule has 1 saturated carbocycles. The summed E-state index contributed by atoms with van der Waals surface area (Å²) in [7, 11) is 1.61. The van der Waals surface area contributed by atoms with Crippen LogP contribution in [0, 0.1) is 5.92 Å². The first kappa shape index (κ1) is 9.66. The molecule has 1 aromatic rings. The summed E-state index contributed by atoms with van der Waals surface area (Å²) in [6.45, 7) is 0. The van der Waals surface area contributed by atoms with Crippen LogP contribution in [0.2, 0.25) is 0 Å². The maximum absolute atomic E-state index is 10.7. The molecule has 4 nitrogen and oxygen atoms in total. The van der Waals surface area contributed by atoms with Gasteiger partial charge in [0.2, 0.25) is 0 Å². The van der Waals surface area contributed by atoms with E-state index in [4.69, 9.17) is 10.5 Å². The van der Waals surface area contributed by atoms with E-state index in [2.05, 4.69) is 4.99 Å². The Labute approximate surface area is 93.8 Å².